The Balaban J connectivity index is 3.44. The molecule has 4 heteroatoms. The molecule has 82 valence electrons. The van der Waals surface area contributed by atoms with Gasteiger partial charge < -0.3 is 4.57 Å². The Labute approximate surface area is 93.7 Å². The maximum atomic E-state index is 11.9. The lowest BCUT2D eigenvalue weighted by atomic mass is 10.2. The summed E-state index contributed by atoms with van der Waals surface area (Å²) in [4.78, 5) is 22.9. The Kier molecular flexibility index (Phi) is 3.69. The number of halogens is 1. The van der Waals surface area contributed by atoms with Gasteiger partial charge in [0.2, 0.25) is 0 Å². The Hall–Kier alpha value is -1.09. The highest BCUT2D eigenvalue weighted by Crippen LogP contribution is 2.11. The summed E-state index contributed by atoms with van der Waals surface area (Å²) in [6, 6.07) is 3.29. The summed E-state index contributed by atoms with van der Waals surface area (Å²) in [5.74, 6) is 0. The van der Waals surface area contributed by atoms with Crippen LogP contribution >= 0.6 is 11.6 Å². The van der Waals surface area contributed by atoms with Gasteiger partial charge in [-0.2, -0.15) is 0 Å². The predicted octanol–water partition coefficient (Wildman–Crippen LogP) is 2.51. The minimum absolute atomic E-state index is 0.0440. The molecule has 0 radical (unpaired) electrons. The SMILES string of the molecule is CCC(C)n1c(C)ccc(C(=O)Cl)c1=O. The normalized spacial score (nSPS) is 12.5. The van der Waals surface area contributed by atoms with Gasteiger partial charge in [0.05, 0.1) is 5.56 Å². The van der Waals surface area contributed by atoms with Crippen molar-refractivity contribution in [1.82, 2.24) is 4.57 Å². The summed E-state index contributed by atoms with van der Waals surface area (Å²) in [5.41, 5.74) is 0.586. The van der Waals surface area contributed by atoms with Crippen molar-refractivity contribution in [2.24, 2.45) is 0 Å². The molecule has 0 saturated carbocycles. The molecule has 0 aliphatic carbocycles. The molecular weight excluding hydrogens is 214 g/mol. The van der Waals surface area contributed by atoms with E-state index in [1.807, 2.05) is 20.8 Å². The largest absolute Gasteiger partial charge is 0.310 e. The van der Waals surface area contributed by atoms with Crippen molar-refractivity contribution in [2.45, 2.75) is 33.2 Å². The second-order valence-electron chi connectivity index (χ2n) is 3.59. The maximum absolute atomic E-state index is 11.9. The van der Waals surface area contributed by atoms with E-state index in [-0.39, 0.29) is 17.2 Å². The first kappa shape index (κ1) is 12.0. The number of aromatic nitrogens is 1. The zero-order chi connectivity index (χ0) is 11.6. The minimum Gasteiger partial charge on any atom is -0.310 e. The van der Waals surface area contributed by atoms with Crippen LogP contribution in [0.25, 0.3) is 0 Å². The molecule has 0 N–H and O–H groups in total. The van der Waals surface area contributed by atoms with Crippen LogP contribution in [0, 0.1) is 6.92 Å². The van der Waals surface area contributed by atoms with E-state index in [0.717, 1.165) is 12.1 Å². The van der Waals surface area contributed by atoms with Crippen LogP contribution in [0.3, 0.4) is 0 Å². The highest BCUT2D eigenvalue weighted by atomic mass is 35.5. The van der Waals surface area contributed by atoms with Crippen LogP contribution in [0.5, 0.6) is 0 Å². The van der Waals surface area contributed by atoms with Crippen molar-refractivity contribution < 1.29 is 4.79 Å². The van der Waals surface area contributed by atoms with E-state index in [2.05, 4.69) is 0 Å². The van der Waals surface area contributed by atoms with Gasteiger partial charge in [0.25, 0.3) is 10.8 Å². The van der Waals surface area contributed by atoms with Crippen molar-refractivity contribution in [3.8, 4) is 0 Å². The fourth-order valence-corrected chi connectivity index (χ4v) is 1.67. The Morgan fingerprint density at radius 2 is 2.13 bits per heavy atom. The molecule has 1 heterocycles. The van der Waals surface area contributed by atoms with Crippen molar-refractivity contribution in [1.29, 1.82) is 0 Å². The third-order valence-electron chi connectivity index (χ3n) is 2.56. The predicted molar refractivity (Wildman–Crippen MR) is 60.6 cm³/mol. The Morgan fingerprint density at radius 1 is 1.53 bits per heavy atom. The number of nitrogens with zero attached hydrogens (tertiary/aromatic N) is 1. The number of hydrogen-bond donors (Lipinski definition) is 0. The van der Waals surface area contributed by atoms with Gasteiger partial charge in [0.1, 0.15) is 0 Å². The second-order valence-corrected chi connectivity index (χ2v) is 3.94. The van der Waals surface area contributed by atoms with Crippen LogP contribution in [0.4, 0.5) is 0 Å². The molecule has 1 rings (SSSR count). The fourth-order valence-electron chi connectivity index (χ4n) is 1.53. The van der Waals surface area contributed by atoms with Gasteiger partial charge in [0, 0.05) is 11.7 Å². The molecule has 0 amide bonds. The number of rotatable bonds is 3. The van der Waals surface area contributed by atoms with Gasteiger partial charge in [-0.15, -0.1) is 0 Å². The summed E-state index contributed by atoms with van der Waals surface area (Å²) in [6.07, 6.45) is 0.834. The number of aryl methyl sites for hydroxylation is 1. The van der Waals surface area contributed by atoms with Crippen LogP contribution < -0.4 is 5.56 Å². The van der Waals surface area contributed by atoms with Crippen LogP contribution in [-0.2, 0) is 0 Å². The molecule has 0 spiro atoms. The summed E-state index contributed by atoms with van der Waals surface area (Å²) in [7, 11) is 0. The van der Waals surface area contributed by atoms with Gasteiger partial charge in [-0.3, -0.25) is 9.59 Å². The maximum Gasteiger partial charge on any atom is 0.263 e. The lowest BCUT2D eigenvalue weighted by Gasteiger charge is -2.16. The number of pyridine rings is 1. The van der Waals surface area contributed by atoms with Crippen molar-refractivity contribution in [2.75, 3.05) is 0 Å². The van der Waals surface area contributed by atoms with Gasteiger partial charge in [-0.05, 0) is 44.0 Å². The molecule has 1 unspecified atom stereocenters. The zero-order valence-electron chi connectivity index (χ0n) is 9.08. The topological polar surface area (TPSA) is 39.1 Å². The lowest BCUT2D eigenvalue weighted by molar-refractivity contribution is 0.107. The first-order chi connectivity index (χ1) is 6.99. The van der Waals surface area contributed by atoms with Crippen molar-refractivity contribution in [3.05, 3.63) is 33.7 Å². The number of hydrogen-bond acceptors (Lipinski definition) is 2. The molecular formula is C11H14ClNO2. The fraction of sp³-hybridized carbons (Fsp3) is 0.455. The molecule has 0 bridgehead atoms. The summed E-state index contributed by atoms with van der Waals surface area (Å²) in [5, 5.41) is -0.697. The quantitative estimate of drug-likeness (QED) is 0.745. The molecule has 0 aliphatic heterocycles. The molecule has 1 atom stereocenters. The second kappa shape index (κ2) is 4.62. The van der Waals surface area contributed by atoms with E-state index in [0.29, 0.717) is 0 Å². The summed E-state index contributed by atoms with van der Waals surface area (Å²) in [6.45, 7) is 5.78. The molecule has 0 aliphatic rings. The highest BCUT2D eigenvalue weighted by Gasteiger charge is 2.14. The molecule has 0 fully saturated rings. The average molecular weight is 228 g/mol. The minimum atomic E-state index is -0.697. The van der Waals surface area contributed by atoms with Gasteiger partial charge >= 0.3 is 0 Å². The molecule has 1 aromatic heterocycles. The standard InChI is InChI=1S/C11H14ClNO2/c1-4-7(2)13-8(3)5-6-9(10(12)14)11(13)15/h5-7H,4H2,1-3H3. The third kappa shape index (κ3) is 2.29. The van der Waals surface area contributed by atoms with E-state index < -0.39 is 5.24 Å². The average Bonchev–Trinajstić information content (AvgIpc) is 2.16. The van der Waals surface area contributed by atoms with Crippen LogP contribution in [0.1, 0.15) is 42.4 Å². The molecule has 0 aromatic carbocycles. The molecule has 15 heavy (non-hydrogen) atoms. The first-order valence-corrected chi connectivity index (χ1v) is 5.28. The molecule has 1 aromatic rings. The smallest absolute Gasteiger partial charge is 0.263 e. The van der Waals surface area contributed by atoms with E-state index in [1.54, 1.807) is 10.6 Å². The molecule has 0 saturated heterocycles. The summed E-state index contributed by atoms with van der Waals surface area (Å²) >= 11 is 5.33. The van der Waals surface area contributed by atoms with Crippen molar-refractivity contribution in [3.63, 3.8) is 0 Å². The van der Waals surface area contributed by atoms with E-state index in [9.17, 15) is 9.59 Å². The Bertz CT molecular complexity index is 437. The molecule has 3 nitrogen and oxygen atoms in total. The highest BCUT2D eigenvalue weighted by molar-refractivity contribution is 6.67. The zero-order valence-corrected chi connectivity index (χ0v) is 9.84. The van der Waals surface area contributed by atoms with Gasteiger partial charge in [-0.1, -0.05) is 6.92 Å². The van der Waals surface area contributed by atoms with Gasteiger partial charge in [-0.25, -0.2) is 0 Å². The van der Waals surface area contributed by atoms with E-state index in [4.69, 9.17) is 11.6 Å². The van der Waals surface area contributed by atoms with Crippen molar-refractivity contribution >= 4 is 16.8 Å². The third-order valence-corrected chi connectivity index (χ3v) is 2.77. The first-order valence-electron chi connectivity index (χ1n) is 4.91. The van der Waals surface area contributed by atoms with Gasteiger partial charge in [0.15, 0.2) is 0 Å². The summed E-state index contributed by atoms with van der Waals surface area (Å²) < 4.78 is 1.61. The monoisotopic (exact) mass is 227 g/mol. The van der Waals surface area contributed by atoms with E-state index >= 15 is 0 Å². The Morgan fingerprint density at radius 3 is 2.60 bits per heavy atom. The number of carbonyl (C=O) groups excluding carboxylic acids is 1. The number of carbonyl (C=O) groups is 1. The lowest BCUT2D eigenvalue weighted by Crippen LogP contribution is -2.28. The van der Waals surface area contributed by atoms with E-state index in [1.165, 1.54) is 6.07 Å². The van der Waals surface area contributed by atoms with Crippen LogP contribution in [0.2, 0.25) is 0 Å². The van der Waals surface area contributed by atoms with Crippen LogP contribution in [-0.4, -0.2) is 9.81 Å². The van der Waals surface area contributed by atoms with Crippen LogP contribution in [0.15, 0.2) is 16.9 Å².